The van der Waals surface area contributed by atoms with Gasteiger partial charge in [0.05, 0.1) is 29.1 Å². The molecule has 3 N–H and O–H groups in total. The topological polar surface area (TPSA) is 181 Å². The summed E-state index contributed by atoms with van der Waals surface area (Å²) in [7, 11) is 0. The Morgan fingerprint density at radius 3 is 1.29 bits per heavy atom. The van der Waals surface area contributed by atoms with Crippen LogP contribution >= 0.6 is 0 Å². The van der Waals surface area contributed by atoms with Gasteiger partial charge in [-0.1, -0.05) is 0 Å². The van der Waals surface area contributed by atoms with E-state index in [4.69, 9.17) is 0 Å². The van der Waals surface area contributed by atoms with Crippen LogP contribution in [0.2, 0.25) is 0 Å². The number of carbonyl (C=O) groups excluding carboxylic acids is 1. The molecule has 11 nitrogen and oxygen atoms in total. The Kier molecular flexibility index (Phi) is 5.51. The molecule has 0 radical (unpaired) electrons. The zero-order chi connectivity index (χ0) is 24.6. The third kappa shape index (κ3) is 4.05. The molecule has 0 aliphatic rings. The minimum absolute atomic E-state index is 0.121. The number of ketones is 1. The van der Waals surface area contributed by atoms with Gasteiger partial charge in [0, 0.05) is 27.5 Å². The van der Waals surface area contributed by atoms with Crippen molar-refractivity contribution < 1.29 is 34.5 Å². The fourth-order valence-electron chi connectivity index (χ4n) is 3.44. The molecule has 2 aromatic carbocycles. The van der Waals surface area contributed by atoms with Crippen molar-refractivity contribution in [3.8, 4) is 22.5 Å². The lowest BCUT2D eigenvalue weighted by Crippen LogP contribution is -2.05. The summed E-state index contributed by atoms with van der Waals surface area (Å²) < 4.78 is 0. The molecule has 0 saturated carbocycles. The molecule has 0 aliphatic carbocycles. The molecule has 34 heavy (non-hydrogen) atoms. The highest BCUT2D eigenvalue weighted by Crippen LogP contribution is 2.33. The average molecular weight is 458 g/mol. The Morgan fingerprint density at radius 1 is 0.588 bits per heavy atom. The fraction of sp³-hybridized carbons (Fsp3) is 0.0435. The first-order chi connectivity index (χ1) is 16.2. The molecule has 0 unspecified atom stereocenters. The van der Waals surface area contributed by atoms with Crippen LogP contribution in [-0.4, -0.2) is 59.4 Å². The molecule has 0 amide bonds. The lowest BCUT2D eigenvalue weighted by Gasteiger charge is -2.11. The first-order valence-corrected chi connectivity index (χ1v) is 9.64. The number of hydrogen-bond donors (Lipinski definition) is 3. The van der Waals surface area contributed by atoms with Crippen LogP contribution in [0.25, 0.3) is 33.3 Å². The molecule has 168 valence electrons. The monoisotopic (exact) mass is 458 g/mol. The standard InChI is InChI=1S/C23H14N4O7/c1-10(28)11-2-12(4-14(3-11)21(29)30)19-17-8-24-25-9-18(17)20(27-26-19)13-5-15(22(31)32)7-16(6-13)23(33)34/h2-9H,1H3,(H,29,30)(H,31,32)(H,33,34). The molecule has 4 rings (SSSR count). The largest absolute Gasteiger partial charge is 0.478 e. The third-order valence-corrected chi connectivity index (χ3v) is 5.05. The van der Waals surface area contributed by atoms with E-state index in [2.05, 4.69) is 20.4 Å². The third-order valence-electron chi connectivity index (χ3n) is 5.05. The van der Waals surface area contributed by atoms with E-state index in [9.17, 15) is 34.5 Å². The van der Waals surface area contributed by atoms with Crippen LogP contribution in [-0.2, 0) is 0 Å². The van der Waals surface area contributed by atoms with E-state index in [-0.39, 0.29) is 45.0 Å². The second kappa shape index (κ2) is 8.47. The summed E-state index contributed by atoms with van der Waals surface area (Å²) in [6, 6.07) is 7.62. The Bertz CT molecular complexity index is 1350. The Morgan fingerprint density at radius 2 is 0.941 bits per heavy atom. The van der Waals surface area contributed by atoms with Crippen LogP contribution in [0.5, 0.6) is 0 Å². The first-order valence-electron chi connectivity index (χ1n) is 9.64. The van der Waals surface area contributed by atoms with Crippen molar-refractivity contribution in [2.75, 3.05) is 0 Å². The van der Waals surface area contributed by atoms with Gasteiger partial charge in [0.2, 0.25) is 0 Å². The zero-order valence-corrected chi connectivity index (χ0v) is 17.4. The van der Waals surface area contributed by atoms with Crippen LogP contribution < -0.4 is 0 Å². The van der Waals surface area contributed by atoms with Crippen molar-refractivity contribution in [3.05, 3.63) is 71.0 Å². The highest BCUT2D eigenvalue weighted by molar-refractivity contribution is 6.05. The van der Waals surface area contributed by atoms with E-state index in [1.54, 1.807) is 0 Å². The van der Waals surface area contributed by atoms with Gasteiger partial charge in [-0.05, 0) is 43.3 Å². The van der Waals surface area contributed by atoms with Gasteiger partial charge >= 0.3 is 17.9 Å². The summed E-state index contributed by atoms with van der Waals surface area (Å²) >= 11 is 0. The van der Waals surface area contributed by atoms with Gasteiger partial charge in [-0.15, -0.1) is 10.2 Å². The van der Waals surface area contributed by atoms with Gasteiger partial charge in [0.1, 0.15) is 11.4 Å². The highest BCUT2D eigenvalue weighted by atomic mass is 16.4. The maximum absolute atomic E-state index is 11.9. The zero-order valence-electron chi connectivity index (χ0n) is 17.4. The van der Waals surface area contributed by atoms with E-state index >= 15 is 0 Å². The second-order valence-corrected chi connectivity index (χ2v) is 7.28. The maximum atomic E-state index is 11.9. The van der Waals surface area contributed by atoms with Crippen LogP contribution in [0, 0.1) is 0 Å². The molecule has 0 spiro atoms. The number of carboxylic acids is 3. The predicted molar refractivity (Wildman–Crippen MR) is 117 cm³/mol. The van der Waals surface area contributed by atoms with Crippen molar-refractivity contribution >= 4 is 34.5 Å². The number of nitrogens with zero attached hydrogens (tertiary/aromatic N) is 4. The van der Waals surface area contributed by atoms with Gasteiger partial charge in [-0.25, -0.2) is 14.4 Å². The number of benzene rings is 2. The van der Waals surface area contributed by atoms with Gasteiger partial charge in [-0.3, -0.25) is 4.79 Å². The van der Waals surface area contributed by atoms with Gasteiger partial charge in [0.25, 0.3) is 0 Å². The molecule has 2 aromatic heterocycles. The molecule has 0 aliphatic heterocycles. The number of carboxylic acid groups (broad SMARTS) is 3. The van der Waals surface area contributed by atoms with E-state index < -0.39 is 17.9 Å². The molecule has 0 atom stereocenters. The van der Waals surface area contributed by atoms with Crippen LogP contribution in [0.15, 0.2) is 48.8 Å². The van der Waals surface area contributed by atoms with Crippen molar-refractivity contribution in [3.63, 3.8) is 0 Å². The summed E-state index contributed by atoms with van der Waals surface area (Å²) in [6.07, 6.45) is 2.71. The molecule has 4 aromatic rings. The quantitative estimate of drug-likeness (QED) is 0.361. The van der Waals surface area contributed by atoms with Gasteiger partial charge in [0.15, 0.2) is 5.78 Å². The Labute approximate surface area is 190 Å². The van der Waals surface area contributed by atoms with Crippen LogP contribution in [0.3, 0.4) is 0 Å². The fourth-order valence-corrected chi connectivity index (χ4v) is 3.44. The van der Waals surface area contributed by atoms with Crippen LogP contribution in [0.4, 0.5) is 0 Å². The van der Waals surface area contributed by atoms with E-state index in [1.807, 2.05) is 0 Å². The van der Waals surface area contributed by atoms with E-state index in [0.29, 0.717) is 16.3 Å². The van der Waals surface area contributed by atoms with Crippen molar-refractivity contribution in [2.45, 2.75) is 6.92 Å². The smallest absolute Gasteiger partial charge is 0.335 e. The Hall–Kier alpha value is -5.06. The number of rotatable bonds is 6. The maximum Gasteiger partial charge on any atom is 0.335 e. The number of hydrogen-bond acceptors (Lipinski definition) is 8. The summed E-state index contributed by atoms with van der Waals surface area (Å²) in [6.45, 7) is 1.30. The molecule has 0 fully saturated rings. The lowest BCUT2D eigenvalue weighted by molar-refractivity contribution is 0.0682. The minimum atomic E-state index is -1.32. The predicted octanol–water partition coefficient (Wildman–Crippen LogP) is 3.05. The molecule has 2 heterocycles. The van der Waals surface area contributed by atoms with E-state index in [1.165, 1.54) is 49.6 Å². The van der Waals surface area contributed by atoms with Crippen LogP contribution in [0.1, 0.15) is 48.4 Å². The summed E-state index contributed by atoms with van der Waals surface area (Å²) in [5.74, 6) is -4.21. The van der Waals surface area contributed by atoms with Crippen molar-refractivity contribution in [2.24, 2.45) is 0 Å². The highest BCUT2D eigenvalue weighted by Gasteiger charge is 2.19. The second-order valence-electron chi connectivity index (χ2n) is 7.28. The Balaban J connectivity index is 2.00. The molecule has 0 bridgehead atoms. The summed E-state index contributed by atoms with van der Waals surface area (Å²) in [5, 5.41) is 45.0. The molecule has 11 heteroatoms. The minimum Gasteiger partial charge on any atom is -0.478 e. The van der Waals surface area contributed by atoms with E-state index in [0.717, 1.165) is 6.07 Å². The molecular formula is C23H14N4O7. The number of aromatic nitrogens is 4. The van der Waals surface area contributed by atoms with Crippen molar-refractivity contribution in [1.29, 1.82) is 0 Å². The normalized spacial score (nSPS) is 10.7. The van der Waals surface area contributed by atoms with Gasteiger partial charge in [-0.2, -0.15) is 10.2 Å². The SMILES string of the molecule is CC(=O)c1cc(C(=O)O)cc(-c2nnc(-c3cc(C(=O)O)cc(C(=O)O)c3)c3cnncc23)c1. The number of carbonyl (C=O) groups is 4. The summed E-state index contributed by atoms with van der Waals surface area (Å²) in [4.78, 5) is 46.5. The molecule has 0 saturated heterocycles. The van der Waals surface area contributed by atoms with Gasteiger partial charge < -0.3 is 15.3 Å². The number of fused-ring (bicyclic) bond motifs is 1. The lowest BCUT2D eigenvalue weighted by atomic mass is 9.97. The number of Topliss-reactive ketones (excluding diaryl/α,β-unsaturated/α-hetero) is 1. The number of aromatic carboxylic acids is 3. The summed E-state index contributed by atoms with van der Waals surface area (Å²) in [5.41, 5.74) is 0.380. The average Bonchev–Trinajstić information content (AvgIpc) is 2.82. The molecular weight excluding hydrogens is 444 g/mol. The van der Waals surface area contributed by atoms with Crippen molar-refractivity contribution in [1.82, 2.24) is 20.4 Å². The first kappa shape index (κ1) is 22.1.